The van der Waals surface area contributed by atoms with E-state index in [1.165, 1.54) is 0 Å². The fourth-order valence-corrected chi connectivity index (χ4v) is 3.99. The number of thioether (sulfide) groups is 1. The summed E-state index contributed by atoms with van der Waals surface area (Å²) in [7, 11) is -3.27. The van der Waals surface area contributed by atoms with E-state index in [4.69, 9.17) is 27.9 Å². The summed E-state index contributed by atoms with van der Waals surface area (Å²) >= 11 is 13.6. The number of benzene rings is 2. The van der Waals surface area contributed by atoms with E-state index >= 15 is 0 Å². The standard InChI is InChI=1S/C17H17Cl2N3O3S2/c1-27(23,24)22-11-3-5-12(6-4-11)25-7-2-8-26-17-20-15-9-13(18)14(19)10-16(15)21-17/h3-6,9-10,22H,2,7-8H2,1H3,(H,20,21). The number of H-pyrrole nitrogens is 1. The Morgan fingerprint density at radius 1 is 1.19 bits per heavy atom. The van der Waals surface area contributed by atoms with Crippen LogP contribution in [0.4, 0.5) is 5.69 Å². The highest BCUT2D eigenvalue weighted by Crippen LogP contribution is 2.28. The van der Waals surface area contributed by atoms with Crippen molar-refractivity contribution in [2.24, 2.45) is 0 Å². The Morgan fingerprint density at radius 2 is 1.89 bits per heavy atom. The predicted octanol–water partition coefficient (Wildman–Crippen LogP) is 4.80. The van der Waals surface area contributed by atoms with Crippen LogP contribution in [0.15, 0.2) is 41.6 Å². The molecule has 3 aromatic rings. The molecule has 0 radical (unpaired) electrons. The first-order chi connectivity index (χ1) is 12.8. The number of fused-ring (bicyclic) bond motifs is 1. The molecule has 1 aromatic heterocycles. The number of anilines is 1. The Kier molecular flexibility index (Phi) is 6.41. The largest absolute Gasteiger partial charge is 0.494 e. The number of halogens is 2. The van der Waals surface area contributed by atoms with Gasteiger partial charge in [0.25, 0.3) is 0 Å². The molecule has 0 aliphatic carbocycles. The average Bonchev–Trinajstić information content (AvgIpc) is 2.96. The monoisotopic (exact) mass is 445 g/mol. The van der Waals surface area contributed by atoms with E-state index < -0.39 is 10.0 Å². The van der Waals surface area contributed by atoms with Crippen LogP contribution in [0.5, 0.6) is 5.75 Å². The summed E-state index contributed by atoms with van der Waals surface area (Å²) < 4.78 is 30.4. The minimum Gasteiger partial charge on any atom is -0.494 e. The predicted molar refractivity (Wildman–Crippen MR) is 112 cm³/mol. The van der Waals surface area contributed by atoms with Crippen LogP contribution in [0, 0.1) is 0 Å². The van der Waals surface area contributed by atoms with Crippen LogP contribution in [-0.2, 0) is 10.0 Å². The smallest absolute Gasteiger partial charge is 0.229 e. The van der Waals surface area contributed by atoms with Gasteiger partial charge in [0.15, 0.2) is 5.16 Å². The molecular weight excluding hydrogens is 429 g/mol. The summed E-state index contributed by atoms with van der Waals surface area (Å²) in [4.78, 5) is 7.69. The fraction of sp³-hybridized carbons (Fsp3) is 0.235. The third-order valence-electron chi connectivity index (χ3n) is 3.46. The quantitative estimate of drug-likeness (QED) is 0.384. The van der Waals surface area contributed by atoms with Gasteiger partial charge in [-0.25, -0.2) is 13.4 Å². The lowest BCUT2D eigenvalue weighted by molar-refractivity contribution is 0.319. The number of hydrogen-bond donors (Lipinski definition) is 2. The molecule has 6 nitrogen and oxygen atoms in total. The third-order valence-corrected chi connectivity index (χ3v) is 5.74. The van der Waals surface area contributed by atoms with E-state index in [0.717, 1.165) is 34.6 Å². The van der Waals surface area contributed by atoms with E-state index in [-0.39, 0.29) is 0 Å². The summed E-state index contributed by atoms with van der Waals surface area (Å²) in [5, 5.41) is 1.79. The van der Waals surface area contributed by atoms with E-state index in [1.807, 2.05) is 0 Å². The van der Waals surface area contributed by atoms with Crippen LogP contribution in [-0.4, -0.2) is 37.0 Å². The van der Waals surface area contributed by atoms with Gasteiger partial charge >= 0.3 is 0 Å². The van der Waals surface area contributed by atoms with Crippen LogP contribution >= 0.6 is 35.0 Å². The molecule has 0 bridgehead atoms. The van der Waals surface area contributed by atoms with Gasteiger partial charge in [-0.15, -0.1) is 0 Å². The summed E-state index contributed by atoms with van der Waals surface area (Å²) in [5.41, 5.74) is 2.14. The SMILES string of the molecule is CS(=O)(=O)Nc1ccc(OCCCSc2nc3cc(Cl)c(Cl)cc3[nH]2)cc1. The number of aromatic nitrogens is 2. The molecule has 144 valence electrons. The van der Waals surface area contributed by atoms with Crippen molar-refractivity contribution >= 4 is 61.7 Å². The number of hydrogen-bond acceptors (Lipinski definition) is 5. The molecule has 0 fully saturated rings. The minimum atomic E-state index is -3.27. The van der Waals surface area contributed by atoms with Gasteiger partial charge in [-0.05, 0) is 42.8 Å². The molecule has 0 aliphatic heterocycles. The molecule has 10 heteroatoms. The fourth-order valence-electron chi connectivity index (χ4n) is 2.30. The van der Waals surface area contributed by atoms with Crippen molar-refractivity contribution < 1.29 is 13.2 Å². The van der Waals surface area contributed by atoms with Crippen LogP contribution in [0.25, 0.3) is 11.0 Å². The van der Waals surface area contributed by atoms with Crippen LogP contribution in [0.1, 0.15) is 6.42 Å². The van der Waals surface area contributed by atoms with Gasteiger partial charge in [-0.1, -0.05) is 35.0 Å². The van der Waals surface area contributed by atoms with Crippen molar-refractivity contribution in [3.63, 3.8) is 0 Å². The Morgan fingerprint density at radius 3 is 2.59 bits per heavy atom. The lowest BCUT2D eigenvalue weighted by atomic mass is 10.3. The minimum absolute atomic E-state index is 0.485. The Labute approximate surface area is 171 Å². The first-order valence-electron chi connectivity index (χ1n) is 7.98. The normalized spacial score (nSPS) is 11.7. The summed E-state index contributed by atoms with van der Waals surface area (Å²) in [6.45, 7) is 0.545. The zero-order valence-electron chi connectivity index (χ0n) is 14.3. The summed E-state index contributed by atoms with van der Waals surface area (Å²) in [6, 6.07) is 10.3. The molecule has 0 unspecified atom stereocenters. The molecule has 0 spiro atoms. The molecule has 2 N–H and O–H groups in total. The Bertz CT molecular complexity index is 999. The number of aromatic amines is 1. The number of rotatable bonds is 8. The molecule has 0 aliphatic rings. The molecule has 3 rings (SSSR count). The highest BCUT2D eigenvalue weighted by atomic mass is 35.5. The second-order valence-corrected chi connectivity index (χ2v) is 9.42. The second-order valence-electron chi connectivity index (χ2n) is 5.77. The van der Waals surface area contributed by atoms with E-state index in [2.05, 4.69) is 14.7 Å². The van der Waals surface area contributed by atoms with E-state index in [9.17, 15) is 8.42 Å². The second kappa shape index (κ2) is 8.60. The molecule has 2 aromatic carbocycles. The zero-order chi connectivity index (χ0) is 19.4. The average molecular weight is 446 g/mol. The van der Waals surface area contributed by atoms with Gasteiger partial charge in [-0.3, -0.25) is 4.72 Å². The van der Waals surface area contributed by atoms with E-state index in [1.54, 1.807) is 48.2 Å². The molecule has 1 heterocycles. The van der Waals surface area contributed by atoms with E-state index in [0.29, 0.717) is 28.1 Å². The molecular formula is C17H17Cl2N3O3S2. The van der Waals surface area contributed by atoms with Crippen molar-refractivity contribution in [2.75, 3.05) is 23.3 Å². The molecule has 0 atom stereocenters. The zero-order valence-corrected chi connectivity index (χ0v) is 17.5. The maximum Gasteiger partial charge on any atom is 0.229 e. The van der Waals surface area contributed by atoms with Gasteiger partial charge in [0.05, 0.1) is 33.9 Å². The van der Waals surface area contributed by atoms with Gasteiger partial charge in [0.1, 0.15) is 5.75 Å². The lowest BCUT2D eigenvalue weighted by Gasteiger charge is -2.07. The topological polar surface area (TPSA) is 84.1 Å². The number of sulfonamides is 1. The Hall–Kier alpha value is -1.61. The van der Waals surface area contributed by atoms with Crippen LogP contribution in [0.3, 0.4) is 0 Å². The van der Waals surface area contributed by atoms with Crippen molar-refractivity contribution in [3.05, 3.63) is 46.4 Å². The van der Waals surface area contributed by atoms with Crippen LogP contribution < -0.4 is 9.46 Å². The van der Waals surface area contributed by atoms with Crippen molar-refractivity contribution in [1.82, 2.24) is 9.97 Å². The van der Waals surface area contributed by atoms with Crippen molar-refractivity contribution in [1.29, 1.82) is 0 Å². The van der Waals surface area contributed by atoms with Crippen LogP contribution in [0.2, 0.25) is 10.0 Å². The third kappa shape index (κ3) is 5.93. The maximum absolute atomic E-state index is 11.2. The number of ether oxygens (including phenoxy) is 1. The summed E-state index contributed by atoms with van der Waals surface area (Å²) in [5.74, 6) is 1.52. The van der Waals surface area contributed by atoms with Crippen molar-refractivity contribution in [2.45, 2.75) is 11.6 Å². The Balaban J connectivity index is 1.44. The van der Waals surface area contributed by atoms with Crippen molar-refractivity contribution in [3.8, 4) is 5.75 Å². The number of nitrogens with one attached hydrogen (secondary N) is 2. The number of nitrogens with zero attached hydrogens (tertiary/aromatic N) is 1. The maximum atomic E-state index is 11.2. The molecule has 0 saturated carbocycles. The molecule has 0 amide bonds. The first kappa shape index (κ1) is 20.1. The van der Waals surface area contributed by atoms with Gasteiger partial charge in [0.2, 0.25) is 10.0 Å². The van der Waals surface area contributed by atoms with Gasteiger partial charge < -0.3 is 9.72 Å². The highest BCUT2D eigenvalue weighted by Gasteiger charge is 2.07. The first-order valence-corrected chi connectivity index (χ1v) is 11.6. The summed E-state index contributed by atoms with van der Waals surface area (Å²) in [6.07, 6.45) is 1.94. The molecule has 0 saturated heterocycles. The van der Waals surface area contributed by atoms with Gasteiger partial charge in [-0.2, -0.15) is 0 Å². The van der Waals surface area contributed by atoms with Gasteiger partial charge in [0, 0.05) is 11.4 Å². The lowest BCUT2D eigenvalue weighted by Crippen LogP contribution is -2.09. The highest BCUT2D eigenvalue weighted by molar-refractivity contribution is 7.99. The number of imidazole rings is 1. The molecule has 27 heavy (non-hydrogen) atoms.